The van der Waals surface area contributed by atoms with Crippen molar-refractivity contribution in [2.45, 2.75) is 37.8 Å². The van der Waals surface area contributed by atoms with Crippen molar-refractivity contribution in [3.63, 3.8) is 0 Å². The maximum atomic E-state index is 12.0. The lowest BCUT2D eigenvalue weighted by atomic mass is 9.85. The van der Waals surface area contributed by atoms with Gasteiger partial charge in [-0.3, -0.25) is 15.0 Å². The number of nitrogens with one attached hydrogen (secondary N) is 2. The number of halogens is 1. The van der Waals surface area contributed by atoms with Crippen molar-refractivity contribution in [2.24, 2.45) is 5.92 Å². The lowest BCUT2D eigenvalue weighted by Crippen LogP contribution is -2.55. The van der Waals surface area contributed by atoms with Crippen LogP contribution in [0.5, 0.6) is 0 Å². The second-order valence-corrected chi connectivity index (χ2v) is 7.46. The van der Waals surface area contributed by atoms with Crippen molar-refractivity contribution >= 4 is 33.7 Å². The standard InChI is InChI=1S/C16H21BrN4O3/c17-11-3-4-18-14(5-11)20-16(24)19-12-6-13(7-12)21(9-15(22)23)8-10-1-2-10/h3-5,10,12-13H,1-2,6-9H2,(H,22,23)(H2,18,19,20,24). The van der Waals surface area contributed by atoms with Gasteiger partial charge in [0, 0.05) is 29.3 Å². The highest BCUT2D eigenvalue weighted by Crippen LogP contribution is 2.33. The van der Waals surface area contributed by atoms with E-state index < -0.39 is 5.97 Å². The van der Waals surface area contributed by atoms with E-state index in [1.807, 2.05) is 4.90 Å². The van der Waals surface area contributed by atoms with Crippen LogP contribution >= 0.6 is 15.9 Å². The first-order chi connectivity index (χ1) is 11.5. The molecule has 2 amide bonds. The summed E-state index contributed by atoms with van der Waals surface area (Å²) in [5.74, 6) is 0.353. The van der Waals surface area contributed by atoms with Gasteiger partial charge in [-0.1, -0.05) is 15.9 Å². The van der Waals surface area contributed by atoms with Crippen LogP contribution in [0.15, 0.2) is 22.8 Å². The van der Waals surface area contributed by atoms with Gasteiger partial charge < -0.3 is 10.4 Å². The van der Waals surface area contributed by atoms with Crippen molar-refractivity contribution < 1.29 is 14.7 Å². The molecule has 0 radical (unpaired) electrons. The van der Waals surface area contributed by atoms with Crippen LogP contribution in [0.3, 0.4) is 0 Å². The maximum absolute atomic E-state index is 12.0. The predicted octanol–water partition coefficient (Wildman–Crippen LogP) is 2.29. The average molecular weight is 397 g/mol. The van der Waals surface area contributed by atoms with Crippen molar-refractivity contribution in [1.82, 2.24) is 15.2 Å². The molecule has 1 heterocycles. The van der Waals surface area contributed by atoms with Crippen molar-refractivity contribution in [3.05, 3.63) is 22.8 Å². The Morgan fingerprint density at radius 1 is 1.38 bits per heavy atom. The summed E-state index contributed by atoms with van der Waals surface area (Å²) in [6.45, 7) is 0.944. The molecule has 1 aromatic rings. The third-order valence-electron chi connectivity index (χ3n) is 4.46. The Kier molecular flexibility index (Phi) is 5.35. The van der Waals surface area contributed by atoms with Gasteiger partial charge >= 0.3 is 12.0 Å². The molecule has 0 aliphatic heterocycles. The van der Waals surface area contributed by atoms with Crippen LogP contribution in [0.1, 0.15) is 25.7 Å². The summed E-state index contributed by atoms with van der Waals surface area (Å²) in [4.78, 5) is 29.1. The fraction of sp³-hybridized carbons (Fsp3) is 0.562. The van der Waals surface area contributed by atoms with E-state index in [9.17, 15) is 9.59 Å². The SMILES string of the molecule is O=C(O)CN(CC1CC1)C1CC(NC(=O)Nc2cc(Br)ccn2)C1. The summed E-state index contributed by atoms with van der Waals surface area (Å²) in [6, 6.07) is 3.56. The van der Waals surface area contributed by atoms with Gasteiger partial charge in [-0.15, -0.1) is 0 Å². The lowest BCUT2D eigenvalue weighted by molar-refractivity contribution is -0.139. The Labute approximate surface area is 148 Å². The predicted molar refractivity (Wildman–Crippen MR) is 92.8 cm³/mol. The second-order valence-electron chi connectivity index (χ2n) is 6.55. The summed E-state index contributed by atoms with van der Waals surface area (Å²) in [5.41, 5.74) is 0. The fourth-order valence-corrected chi connectivity index (χ4v) is 3.30. The number of hydrogen-bond donors (Lipinski definition) is 3. The highest BCUT2D eigenvalue weighted by molar-refractivity contribution is 9.10. The number of aromatic nitrogens is 1. The highest BCUT2D eigenvalue weighted by Gasteiger charge is 2.37. The molecule has 2 saturated carbocycles. The Balaban J connectivity index is 1.43. The van der Waals surface area contributed by atoms with Gasteiger partial charge in [0.25, 0.3) is 0 Å². The summed E-state index contributed by atoms with van der Waals surface area (Å²) in [5, 5.41) is 14.7. The van der Waals surface area contributed by atoms with Gasteiger partial charge in [-0.05, 0) is 43.7 Å². The number of carbonyl (C=O) groups excluding carboxylic acids is 1. The molecule has 8 heteroatoms. The number of nitrogens with zero attached hydrogens (tertiary/aromatic N) is 2. The molecule has 24 heavy (non-hydrogen) atoms. The molecule has 0 unspecified atom stereocenters. The highest BCUT2D eigenvalue weighted by atomic mass is 79.9. The molecule has 130 valence electrons. The smallest absolute Gasteiger partial charge is 0.320 e. The molecule has 2 aliphatic carbocycles. The third-order valence-corrected chi connectivity index (χ3v) is 4.95. The Morgan fingerprint density at radius 2 is 2.12 bits per heavy atom. The quantitative estimate of drug-likeness (QED) is 0.657. The summed E-state index contributed by atoms with van der Waals surface area (Å²) in [7, 11) is 0. The Bertz CT molecular complexity index is 617. The number of pyridine rings is 1. The zero-order chi connectivity index (χ0) is 17.1. The Hall–Kier alpha value is -1.67. The molecule has 1 aromatic heterocycles. The van der Waals surface area contributed by atoms with E-state index in [0.29, 0.717) is 11.7 Å². The van der Waals surface area contributed by atoms with Crippen LogP contribution < -0.4 is 10.6 Å². The van der Waals surface area contributed by atoms with Crippen LogP contribution in [0.2, 0.25) is 0 Å². The van der Waals surface area contributed by atoms with Gasteiger partial charge in [0.05, 0.1) is 6.54 Å². The van der Waals surface area contributed by atoms with Crippen LogP contribution in [0.4, 0.5) is 10.6 Å². The molecule has 3 N–H and O–H groups in total. The summed E-state index contributed by atoms with van der Waals surface area (Å²) >= 11 is 3.33. The minimum atomic E-state index is -0.787. The van der Waals surface area contributed by atoms with Gasteiger partial charge in [0.1, 0.15) is 5.82 Å². The monoisotopic (exact) mass is 396 g/mol. The van der Waals surface area contributed by atoms with E-state index in [0.717, 1.165) is 23.9 Å². The molecule has 0 saturated heterocycles. The number of amides is 2. The number of hydrogen-bond acceptors (Lipinski definition) is 4. The van der Waals surface area contributed by atoms with Crippen molar-refractivity contribution in [1.29, 1.82) is 0 Å². The molecule has 7 nitrogen and oxygen atoms in total. The van der Waals surface area contributed by atoms with Gasteiger partial charge in [0.15, 0.2) is 0 Å². The van der Waals surface area contributed by atoms with E-state index in [1.54, 1.807) is 18.3 Å². The zero-order valence-electron chi connectivity index (χ0n) is 13.2. The maximum Gasteiger partial charge on any atom is 0.320 e. The van der Waals surface area contributed by atoms with Gasteiger partial charge in [0.2, 0.25) is 0 Å². The van der Waals surface area contributed by atoms with E-state index in [2.05, 4.69) is 31.5 Å². The topological polar surface area (TPSA) is 94.6 Å². The summed E-state index contributed by atoms with van der Waals surface area (Å²) in [6.07, 6.45) is 5.60. The number of rotatable bonds is 7. The van der Waals surface area contributed by atoms with Gasteiger partial charge in [-0.25, -0.2) is 9.78 Å². The minimum Gasteiger partial charge on any atom is -0.480 e. The van der Waals surface area contributed by atoms with Crippen LogP contribution in [0.25, 0.3) is 0 Å². The molecular weight excluding hydrogens is 376 g/mol. The first-order valence-electron chi connectivity index (χ1n) is 8.14. The molecule has 0 aromatic carbocycles. The van der Waals surface area contributed by atoms with Crippen molar-refractivity contribution in [3.8, 4) is 0 Å². The molecule has 2 aliphatic rings. The Morgan fingerprint density at radius 3 is 2.75 bits per heavy atom. The van der Waals surface area contributed by atoms with Crippen LogP contribution in [-0.2, 0) is 4.79 Å². The normalized spacial score (nSPS) is 22.8. The zero-order valence-corrected chi connectivity index (χ0v) is 14.8. The van der Waals surface area contributed by atoms with E-state index >= 15 is 0 Å². The lowest BCUT2D eigenvalue weighted by Gasteiger charge is -2.42. The van der Waals surface area contributed by atoms with E-state index in [4.69, 9.17) is 5.11 Å². The molecular formula is C16H21BrN4O3. The number of carboxylic acids is 1. The van der Waals surface area contributed by atoms with E-state index in [1.165, 1.54) is 12.8 Å². The largest absolute Gasteiger partial charge is 0.480 e. The molecule has 0 atom stereocenters. The molecule has 2 fully saturated rings. The number of carboxylic acid groups (broad SMARTS) is 1. The molecule has 0 spiro atoms. The first kappa shape index (κ1) is 17.2. The number of aliphatic carboxylic acids is 1. The molecule has 0 bridgehead atoms. The number of urea groups is 1. The fourth-order valence-electron chi connectivity index (χ4n) is 2.96. The average Bonchev–Trinajstić information content (AvgIpc) is 3.25. The minimum absolute atomic E-state index is 0.0812. The van der Waals surface area contributed by atoms with E-state index in [-0.39, 0.29) is 24.7 Å². The first-order valence-corrected chi connectivity index (χ1v) is 8.94. The second kappa shape index (κ2) is 7.48. The number of carbonyl (C=O) groups is 2. The van der Waals surface area contributed by atoms with Crippen LogP contribution in [-0.4, -0.2) is 52.2 Å². The number of anilines is 1. The van der Waals surface area contributed by atoms with Gasteiger partial charge in [-0.2, -0.15) is 0 Å². The molecule has 3 rings (SSSR count). The van der Waals surface area contributed by atoms with Crippen molar-refractivity contribution in [2.75, 3.05) is 18.4 Å². The third kappa shape index (κ3) is 4.91. The summed E-state index contributed by atoms with van der Waals surface area (Å²) < 4.78 is 0.848. The van der Waals surface area contributed by atoms with Crippen LogP contribution in [0, 0.1) is 5.92 Å².